The Kier molecular flexibility index (Phi) is 3.78. The smallest absolute Gasteiger partial charge is 0.312 e. The summed E-state index contributed by atoms with van der Waals surface area (Å²) in [5.74, 6) is -1.33. The van der Waals surface area contributed by atoms with Crippen LogP contribution in [0.1, 0.15) is 17.3 Å². The minimum Gasteiger partial charge on any atom is -0.481 e. The third kappa shape index (κ3) is 2.46. The lowest BCUT2D eigenvalue weighted by Crippen LogP contribution is -2.41. The van der Waals surface area contributed by atoms with Crippen LogP contribution in [0.2, 0.25) is 0 Å². The van der Waals surface area contributed by atoms with Gasteiger partial charge in [-0.3, -0.25) is 9.59 Å². The Morgan fingerprint density at radius 1 is 1.30 bits per heavy atom. The number of carbonyl (C=O) groups is 2. The molecule has 1 aromatic carbocycles. The zero-order valence-electron chi connectivity index (χ0n) is 12.7. The van der Waals surface area contributed by atoms with Crippen molar-refractivity contribution in [3.05, 3.63) is 29.8 Å². The number of nitrogens with one attached hydrogen (secondary N) is 1. The van der Waals surface area contributed by atoms with E-state index in [1.807, 2.05) is 0 Å². The molecule has 1 aromatic rings. The molecule has 0 aromatic heterocycles. The monoisotopic (exact) mass is 338 g/mol. The van der Waals surface area contributed by atoms with Gasteiger partial charge in [0.1, 0.15) is 0 Å². The number of hydrogen-bond donors (Lipinski definition) is 2. The first-order valence-corrected chi connectivity index (χ1v) is 8.77. The molecule has 3 rings (SSSR count). The first-order chi connectivity index (χ1) is 10.8. The molecule has 0 radical (unpaired) electrons. The minimum absolute atomic E-state index is 0.0310. The predicted molar refractivity (Wildman–Crippen MR) is 81.6 cm³/mol. The van der Waals surface area contributed by atoms with Crippen molar-refractivity contribution in [3.8, 4) is 0 Å². The van der Waals surface area contributed by atoms with E-state index in [2.05, 4.69) is 5.32 Å². The van der Waals surface area contributed by atoms with E-state index in [1.165, 1.54) is 35.5 Å². The van der Waals surface area contributed by atoms with E-state index < -0.39 is 21.4 Å². The summed E-state index contributed by atoms with van der Waals surface area (Å²) in [6, 6.07) is 5.74. The van der Waals surface area contributed by atoms with Gasteiger partial charge in [0.25, 0.3) is 0 Å². The number of carboxylic acid groups (broad SMARTS) is 1. The number of Topliss-reactive ketones (excluding diaryl/α,β-unsaturated/α-hetero) is 1. The fourth-order valence-corrected chi connectivity index (χ4v) is 4.92. The number of nitrogens with zero attached hydrogens (tertiary/aromatic N) is 1. The number of hydrogen-bond acceptors (Lipinski definition) is 5. The van der Waals surface area contributed by atoms with E-state index in [-0.39, 0.29) is 36.2 Å². The number of carboxylic acids is 1. The molecule has 0 aliphatic carbocycles. The van der Waals surface area contributed by atoms with Crippen LogP contribution in [0.4, 0.5) is 0 Å². The number of rotatable bonds is 4. The summed E-state index contributed by atoms with van der Waals surface area (Å²) in [6.07, 6.45) is 0. The highest BCUT2D eigenvalue weighted by atomic mass is 32.2. The van der Waals surface area contributed by atoms with E-state index in [0.717, 1.165) is 0 Å². The van der Waals surface area contributed by atoms with E-state index in [9.17, 15) is 23.1 Å². The molecule has 2 fully saturated rings. The third-order valence-electron chi connectivity index (χ3n) is 4.82. The lowest BCUT2D eigenvalue weighted by atomic mass is 9.81. The van der Waals surface area contributed by atoms with Gasteiger partial charge in [0.15, 0.2) is 5.78 Å². The highest BCUT2D eigenvalue weighted by molar-refractivity contribution is 7.89. The molecular formula is C15H18N2O5S. The van der Waals surface area contributed by atoms with Gasteiger partial charge in [-0.05, 0) is 19.1 Å². The molecule has 8 heteroatoms. The Morgan fingerprint density at radius 3 is 2.48 bits per heavy atom. The maximum atomic E-state index is 12.7. The molecule has 0 unspecified atom stereocenters. The Labute approximate surface area is 134 Å². The second-order valence-electron chi connectivity index (χ2n) is 6.17. The van der Waals surface area contributed by atoms with Crippen LogP contribution in [0.25, 0.3) is 0 Å². The number of fused-ring (bicyclic) bond motifs is 1. The first-order valence-electron chi connectivity index (χ1n) is 7.33. The average molecular weight is 338 g/mol. The van der Waals surface area contributed by atoms with Crippen LogP contribution >= 0.6 is 0 Å². The fraction of sp³-hybridized carbons (Fsp3) is 0.467. The Morgan fingerprint density at radius 2 is 1.96 bits per heavy atom. The van der Waals surface area contributed by atoms with Crippen molar-refractivity contribution in [3.63, 3.8) is 0 Å². The van der Waals surface area contributed by atoms with Crippen molar-refractivity contribution in [2.45, 2.75) is 11.8 Å². The quantitative estimate of drug-likeness (QED) is 0.759. The van der Waals surface area contributed by atoms with Gasteiger partial charge in [-0.25, -0.2) is 8.42 Å². The standard InChI is InChI=1S/C15H18N2O5S/c1-10(18)11-2-4-13(5-3-11)23(21,22)17-7-12-6-16-8-15(12,9-17)14(19)20/h2-5,12,16H,6-9H2,1H3,(H,19,20)/t12-,15-/m0/s1. The first kappa shape index (κ1) is 16.1. The molecule has 23 heavy (non-hydrogen) atoms. The van der Waals surface area contributed by atoms with Crippen molar-refractivity contribution in [1.82, 2.24) is 9.62 Å². The molecule has 0 bridgehead atoms. The largest absolute Gasteiger partial charge is 0.481 e. The van der Waals surface area contributed by atoms with E-state index in [1.54, 1.807) is 0 Å². The van der Waals surface area contributed by atoms with Crippen LogP contribution < -0.4 is 5.32 Å². The molecule has 2 atom stereocenters. The van der Waals surface area contributed by atoms with E-state index in [0.29, 0.717) is 12.1 Å². The van der Waals surface area contributed by atoms with Gasteiger partial charge in [-0.2, -0.15) is 4.31 Å². The van der Waals surface area contributed by atoms with Crippen LogP contribution in [0.3, 0.4) is 0 Å². The molecule has 2 N–H and O–H groups in total. The summed E-state index contributed by atoms with van der Waals surface area (Å²) >= 11 is 0. The number of aliphatic carboxylic acids is 1. The van der Waals surface area contributed by atoms with Gasteiger partial charge in [-0.1, -0.05) is 12.1 Å². The second kappa shape index (κ2) is 5.40. The molecule has 0 spiro atoms. The number of carbonyl (C=O) groups excluding carboxylic acids is 1. The van der Waals surface area contributed by atoms with Crippen molar-refractivity contribution in [2.75, 3.05) is 26.2 Å². The van der Waals surface area contributed by atoms with Crippen LogP contribution in [-0.4, -0.2) is 55.8 Å². The Bertz CT molecular complexity index is 759. The third-order valence-corrected chi connectivity index (χ3v) is 6.65. The molecule has 124 valence electrons. The van der Waals surface area contributed by atoms with Crippen molar-refractivity contribution >= 4 is 21.8 Å². The molecule has 2 heterocycles. The van der Waals surface area contributed by atoms with Crippen molar-refractivity contribution in [1.29, 1.82) is 0 Å². The van der Waals surface area contributed by atoms with Gasteiger partial charge in [0.2, 0.25) is 10.0 Å². The summed E-state index contributed by atoms with van der Waals surface area (Å²) in [6.45, 7) is 2.35. The van der Waals surface area contributed by atoms with Gasteiger partial charge < -0.3 is 10.4 Å². The summed E-state index contributed by atoms with van der Waals surface area (Å²) in [5.41, 5.74) is -0.611. The second-order valence-corrected chi connectivity index (χ2v) is 8.11. The van der Waals surface area contributed by atoms with Gasteiger partial charge in [0.05, 0.1) is 10.3 Å². The molecule has 0 amide bonds. The highest BCUT2D eigenvalue weighted by Crippen LogP contribution is 2.41. The SMILES string of the molecule is CC(=O)c1ccc(S(=O)(=O)N2C[C@@H]3CNC[C@]3(C(=O)O)C2)cc1. The van der Waals surface area contributed by atoms with Crippen molar-refractivity contribution < 1.29 is 23.1 Å². The summed E-state index contributed by atoms with van der Waals surface area (Å²) < 4.78 is 26.7. The van der Waals surface area contributed by atoms with Crippen LogP contribution in [-0.2, 0) is 14.8 Å². The van der Waals surface area contributed by atoms with Crippen molar-refractivity contribution in [2.24, 2.45) is 11.3 Å². The summed E-state index contributed by atoms with van der Waals surface area (Å²) in [7, 11) is -3.76. The summed E-state index contributed by atoms with van der Waals surface area (Å²) in [5, 5.41) is 12.6. The highest BCUT2D eigenvalue weighted by Gasteiger charge is 2.57. The van der Waals surface area contributed by atoms with E-state index >= 15 is 0 Å². The fourth-order valence-electron chi connectivity index (χ4n) is 3.37. The number of sulfonamides is 1. The molecular weight excluding hydrogens is 320 g/mol. The zero-order valence-corrected chi connectivity index (χ0v) is 13.5. The van der Waals surface area contributed by atoms with Crippen LogP contribution in [0.5, 0.6) is 0 Å². The van der Waals surface area contributed by atoms with Gasteiger partial charge >= 0.3 is 5.97 Å². The predicted octanol–water partition coefficient (Wildman–Crippen LogP) is 0.184. The zero-order chi connectivity index (χ0) is 16.8. The number of benzene rings is 1. The summed E-state index contributed by atoms with van der Waals surface area (Å²) in [4.78, 5) is 23.0. The lowest BCUT2D eigenvalue weighted by Gasteiger charge is -2.22. The Balaban J connectivity index is 1.89. The maximum absolute atomic E-state index is 12.7. The van der Waals surface area contributed by atoms with Crippen LogP contribution in [0, 0.1) is 11.3 Å². The Hall–Kier alpha value is -1.77. The normalized spacial score (nSPS) is 27.8. The topological polar surface area (TPSA) is 104 Å². The lowest BCUT2D eigenvalue weighted by molar-refractivity contribution is -0.148. The molecule has 2 aliphatic rings. The molecule has 7 nitrogen and oxygen atoms in total. The minimum atomic E-state index is -3.76. The van der Waals surface area contributed by atoms with Gasteiger partial charge in [0, 0.05) is 37.7 Å². The molecule has 2 saturated heterocycles. The average Bonchev–Trinajstić information content (AvgIpc) is 3.05. The maximum Gasteiger partial charge on any atom is 0.312 e. The van der Waals surface area contributed by atoms with Gasteiger partial charge in [-0.15, -0.1) is 0 Å². The van der Waals surface area contributed by atoms with E-state index in [4.69, 9.17) is 0 Å². The van der Waals surface area contributed by atoms with Crippen LogP contribution in [0.15, 0.2) is 29.2 Å². The molecule has 0 saturated carbocycles. The number of ketones is 1. The molecule has 2 aliphatic heterocycles.